The third-order valence-corrected chi connectivity index (χ3v) is 4.67. The Hall–Kier alpha value is -2.55. The molecule has 2 fully saturated rings. The molecule has 0 radical (unpaired) electrons. The van der Waals surface area contributed by atoms with Gasteiger partial charge in [0.25, 0.3) is 11.1 Å². The molecule has 3 amide bonds. The second-order valence-corrected chi connectivity index (χ2v) is 6.41. The van der Waals surface area contributed by atoms with Gasteiger partial charge in [-0.2, -0.15) is 4.99 Å². The maximum Gasteiger partial charge on any atom is 0.430 e. The third kappa shape index (κ3) is 4.96. The topological polar surface area (TPSA) is 108 Å². The number of ether oxygens (including phenoxy) is 1. The number of amides is 3. The first-order valence-electron chi connectivity index (χ1n) is 7.59. The SMILES string of the molecule is C=C/C(OC)=C(\C/C=C1\SC(=O)NC1=O)N1CCC(/C=N/C(=O)O)C1. The van der Waals surface area contributed by atoms with E-state index in [1.165, 1.54) is 13.3 Å². The van der Waals surface area contributed by atoms with E-state index < -0.39 is 12.0 Å². The lowest BCUT2D eigenvalue weighted by molar-refractivity contribution is -0.115. The summed E-state index contributed by atoms with van der Waals surface area (Å²) < 4.78 is 5.36. The van der Waals surface area contributed by atoms with Crippen LogP contribution in [0.1, 0.15) is 12.8 Å². The Kier molecular flexibility index (Phi) is 6.40. The smallest absolute Gasteiger partial charge is 0.430 e. The molecule has 1 atom stereocenters. The van der Waals surface area contributed by atoms with E-state index in [4.69, 9.17) is 9.84 Å². The number of nitrogens with zero attached hydrogens (tertiary/aromatic N) is 2. The van der Waals surface area contributed by atoms with Crippen LogP contribution in [0.5, 0.6) is 0 Å². The first-order chi connectivity index (χ1) is 11.9. The number of hydrogen-bond donors (Lipinski definition) is 2. The Balaban J connectivity index is 2.15. The second kappa shape index (κ2) is 8.52. The summed E-state index contributed by atoms with van der Waals surface area (Å²) in [6.45, 7) is 5.03. The van der Waals surface area contributed by atoms with Crippen molar-refractivity contribution in [3.8, 4) is 0 Å². The molecule has 25 heavy (non-hydrogen) atoms. The Morgan fingerprint density at radius 3 is 2.88 bits per heavy atom. The number of methoxy groups -OCH3 is 1. The monoisotopic (exact) mass is 365 g/mol. The highest BCUT2D eigenvalue weighted by molar-refractivity contribution is 8.18. The van der Waals surface area contributed by atoms with Crippen molar-refractivity contribution in [1.82, 2.24) is 10.2 Å². The number of imide groups is 1. The van der Waals surface area contributed by atoms with Crippen LogP contribution < -0.4 is 5.32 Å². The largest absolute Gasteiger partial charge is 0.495 e. The molecule has 0 bridgehead atoms. The van der Waals surface area contributed by atoms with E-state index in [9.17, 15) is 14.4 Å². The van der Waals surface area contributed by atoms with Crippen LogP contribution >= 0.6 is 11.8 Å². The van der Waals surface area contributed by atoms with Crippen molar-refractivity contribution in [2.24, 2.45) is 10.9 Å². The Morgan fingerprint density at radius 2 is 2.32 bits per heavy atom. The average molecular weight is 365 g/mol. The van der Waals surface area contributed by atoms with Crippen molar-refractivity contribution in [3.63, 3.8) is 0 Å². The van der Waals surface area contributed by atoms with Crippen LogP contribution in [0.4, 0.5) is 9.59 Å². The summed E-state index contributed by atoms with van der Waals surface area (Å²) in [6.07, 6.45) is 4.65. The van der Waals surface area contributed by atoms with Crippen molar-refractivity contribution in [1.29, 1.82) is 0 Å². The molecule has 2 rings (SSSR count). The molecule has 0 aliphatic carbocycles. The Morgan fingerprint density at radius 1 is 1.56 bits per heavy atom. The summed E-state index contributed by atoms with van der Waals surface area (Å²) in [5, 5.41) is 10.5. The summed E-state index contributed by atoms with van der Waals surface area (Å²) >= 11 is 0.864. The summed E-state index contributed by atoms with van der Waals surface area (Å²) in [5.74, 6) is 0.189. The van der Waals surface area contributed by atoms with Gasteiger partial charge in [-0.15, -0.1) is 0 Å². The van der Waals surface area contributed by atoms with Crippen molar-refractivity contribution >= 4 is 35.2 Å². The third-order valence-electron chi connectivity index (χ3n) is 3.81. The Labute approximate surface area is 149 Å². The number of carbonyl (C=O) groups excluding carboxylic acids is 2. The number of carbonyl (C=O) groups is 3. The van der Waals surface area contributed by atoms with Gasteiger partial charge in [0.05, 0.1) is 17.7 Å². The molecule has 0 aromatic heterocycles. The number of allylic oxidation sites excluding steroid dienone is 2. The number of hydrogen-bond acceptors (Lipinski definition) is 6. The van der Waals surface area contributed by atoms with Crippen molar-refractivity contribution in [2.45, 2.75) is 12.8 Å². The fourth-order valence-corrected chi connectivity index (χ4v) is 3.33. The van der Waals surface area contributed by atoms with E-state index in [0.29, 0.717) is 30.2 Å². The number of likely N-dealkylation sites (tertiary alicyclic amines) is 1. The lowest BCUT2D eigenvalue weighted by atomic mass is 10.1. The van der Waals surface area contributed by atoms with E-state index in [-0.39, 0.29) is 11.2 Å². The van der Waals surface area contributed by atoms with Gasteiger partial charge in [-0.3, -0.25) is 14.9 Å². The van der Waals surface area contributed by atoms with Crippen LogP contribution in [0, 0.1) is 5.92 Å². The standard InChI is InChI=1S/C16H19N3O5S/c1-3-12(24-2)11(4-5-13-14(20)18-16(23)25-13)19-7-6-10(9-19)8-17-15(21)22/h3,5,8,10H,1,4,6-7,9H2,2H3,(H,21,22)(H,18,20,23)/b12-11-,13-5-,17-8+. The number of thioether (sulfide) groups is 1. The minimum absolute atomic E-state index is 0.0207. The van der Waals surface area contributed by atoms with Crippen LogP contribution in [-0.4, -0.2) is 53.7 Å². The summed E-state index contributed by atoms with van der Waals surface area (Å²) in [6, 6.07) is 0. The molecule has 0 spiro atoms. The molecule has 2 aliphatic rings. The Bertz CT molecular complexity index is 683. The molecule has 0 aromatic rings. The molecule has 9 heteroatoms. The highest BCUT2D eigenvalue weighted by Crippen LogP contribution is 2.28. The lowest BCUT2D eigenvalue weighted by Gasteiger charge is -2.23. The van der Waals surface area contributed by atoms with Crippen molar-refractivity contribution in [2.75, 3.05) is 20.2 Å². The van der Waals surface area contributed by atoms with Crippen LogP contribution in [0.2, 0.25) is 0 Å². The van der Waals surface area contributed by atoms with E-state index in [2.05, 4.69) is 21.8 Å². The van der Waals surface area contributed by atoms with Crippen LogP contribution in [-0.2, 0) is 9.53 Å². The van der Waals surface area contributed by atoms with Crippen LogP contribution in [0.15, 0.2) is 40.1 Å². The highest BCUT2D eigenvalue weighted by atomic mass is 32.2. The molecular weight excluding hydrogens is 346 g/mol. The highest BCUT2D eigenvalue weighted by Gasteiger charge is 2.27. The molecule has 2 saturated heterocycles. The van der Waals surface area contributed by atoms with Gasteiger partial charge in [0, 0.05) is 31.6 Å². The van der Waals surface area contributed by atoms with E-state index >= 15 is 0 Å². The molecule has 0 saturated carbocycles. The van der Waals surface area contributed by atoms with Crippen molar-refractivity contribution < 1.29 is 24.2 Å². The zero-order valence-corrected chi connectivity index (χ0v) is 14.5. The molecule has 2 heterocycles. The van der Waals surface area contributed by atoms with Crippen molar-refractivity contribution in [3.05, 3.63) is 35.1 Å². The number of aliphatic imine (C=N–C) groups is 1. The van der Waals surface area contributed by atoms with Gasteiger partial charge in [0.1, 0.15) is 5.76 Å². The molecular formula is C16H19N3O5S. The van der Waals surface area contributed by atoms with Gasteiger partial charge >= 0.3 is 6.09 Å². The minimum atomic E-state index is -1.21. The van der Waals surface area contributed by atoms with E-state index in [1.807, 2.05) is 0 Å². The van der Waals surface area contributed by atoms with Gasteiger partial charge in [0.2, 0.25) is 0 Å². The summed E-state index contributed by atoms with van der Waals surface area (Å²) in [5.41, 5.74) is 0.823. The summed E-state index contributed by atoms with van der Waals surface area (Å²) in [7, 11) is 1.53. The zero-order chi connectivity index (χ0) is 18.4. The fourth-order valence-electron chi connectivity index (χ4n) is 2.68. The predicted octanol–water partition coefficient (Wildman–Crippen LogP) is 2.36. The second-order valence-electron chi connectivity index (χ2n) is 5.39. The van der Waals surface area contributed by atoms with Gasteiger partial charge in [0.15, 0.2) is 0 Å². The first kappa shape index (κ1) is 18.8. The molecule has 1 unspecified atom stereocenters. The van der Waals surface area contributed by atoms with Gasteiger partial charge < -0.3 is 14.7 Å². The van der Waals surface area contributed by atoms with Gasteiger partial charge in [-0.1, -0.05) is 12.7 Å². The maximum atomic E-state index is 11.7. The predicted molar refractivity (Wildman–Crippen MR) is 94.3 cm³/mol. The molecule has 2 N–H and O–H groups in total. The maximum absolute atomic E-state index is 11.7. The molecule has 134 valence electrons. The first-order valence-corrected chi connectivity index (χ1v) is 8.41. The molecule has 0 aromatic carbocycles. The van der Waals surface area contributed by atoms with Crippen LogP contribution in [0.3, 0.4) is 0 Å². The van der Waals surface area contributed by atoms with Gasteiger partial charge in [-0.25, -0.2) is 4.79 Å². The molecule has 2 aliphatic heterocycles. The number of carboxylic acid groups (broad SMARTS) is 1. The van der Waals surface area contributed by atoms with E-state index in [0.717, 1.165) is 23.9 Å². The van der Waals surface area contributed by atoms with Gasteiger partial charge in [-0.05, 0) is 24.3 Å². The normalized spacial score (nSPS) is 23.2. The molecule has 8 nitrogen and oxygen atoms in total. The number of nitrogens with one attached hydrogen (secondary N) is 1. The quantitative estimate of drug-likeness (QED) is 0.322. The lowest BCUT2D eigenvalue weighted by Crippen LogP contribution is -2.22. The summed E-state index contributed by atoms with van der Waals surface area (Å²) in [4.78, 5) is 39.3. The average Bonchev–Trinajstić information content (AvgIpc) is 3.16. The fraction of sp³-hybridized carbons (Fsp3) is 0.375. The van der Waals surface area contributed by atoms with E-state index in [1.54, 1.807) is 12.2 Å². The minimum Gasteiger partial charge on any atom is -0.495 e. The number of rotatable bonds is 6. The zero-order valence-electron chi connectivity index (χ0n) is 13.7. The van der Waals surface area contributed by atoms with Crippen LogP contribution in [0.25, 0.3) is 0 Å².